The van der Waals surface area contributed by atoms with Crippen molar-refractivity contribution in [3.63, 3.8) is 0 Å². The minimum absolute atomic E-state index is 0.281. The molecule has 2 nitrogen and oxygen atoms in total. The van der Waals surface area contributed by atoms with Gasteiger partial charge in [0.05, 0.1) is 5.92 Å². The lowest BCUT2D eigenvalue weighted by atomic mass is 9.92. The molecule has 0 bridgehead atoms. The minimum Gasteiger partial charge on any atom is -0.364 e. The standard InChI is InChI=1S/C15H10F4N2/c16-9-7-8(13(17)15(19)14(9)18)12(10-3-1-5-20-10)11-4-2-6-21-11/h1-7,12,20-21H. The van der Waals surface area contributed by atoms with Crippen molar-refractivity contribution in [2.75, 3.05) is 0 Å². The summed E-state index contributed by atoms with van der Waals surface area (Å²) in [6, 6.07) is 7.35. The minimum atomic E-state index is -1.81. The van der Waals surface area contributed by atoms with Gasteiger partial charge in [0.1, 0.15) is 0 Å². The molecule has 0 unspecified atom stereocenters. The van der Waals surface area contributed by atoms with Crippen LogP contribution in [0.25, 0.3) is 0 Å². The fourth-order valence-electron chi connectivity index (χ4n) is 2.35. The second-order valence-electron chi connectivity index (χ2n) is 4.57. The Hall–Kier alpha value is -2.50. The Morgan fingerprint density at radius 2 is 1.33 bits per heavy atom. The smallest absolute Gasteiger partial charge is 0.197 e. The molecule has 0 aliphatic heterocycles. The van der Waals surface area contributed by atoms with Crippen LogP contribution in [0.3, 0.4) is 0 Å². The molecule has 0 atom stereocenters. The molecule has 2 aromatic heterocycles. The molecule has 0 amide bonds. The highest BCUT2D eigenvalue weighted by Gasteiger charge is 2.27. The van der Waals surface area contributed by atoms with Crippen LogP contribution in [-0.2, 0) is 0 Å². The Morgan fingerprint density at radius 3 is 1.81 bits per heavy atom. The van der Waals surface area contributed by atoms with Gasteiger partial charge in [-0.3, -0.25) is 0 Å². The highest BCUT2D eigenvalue weighted by Crippen LogP contribution is 2.33. The van der Waals surface area contributed by atoms with Crippen LogP contribution in [0.1, 0.15) is 22.9 Å². The van der Waals surface area contributed by atoms with E-state index in [1.807, 2.05) is 0 Å². The van der Waals surface area contributed by atoms with Crippen LogP contribution in [0.15, 0.2) is 42.7 Å². The van der Waals surface area contributed by atoms with Crippen molar-refractivity contribution in [1.29, 1.82) is 0 Å². The van der Waals surface area contributed by atoms with Crippen molar-refractivity contribution in [2.24, 2.45) is 0 Å². The van der Waals surface area contributed by atoms with Gasteiger partial charge in [0, 0.05) is 29.3 Å². The first kappa shape index (κ1) is 13.5. The zero-order valence-electron chi connectivity index (χ0n) is 10.6. The average Bonchev–Trinajstić information content (AvgIpc) is 3.16. The molecule has 2 heterocycles. The van der Waals surface area contributed by atoms with Crippen molar-refractivity contribution in [3.05, 3.63) is 82.9 Å². The van der Waals surface area contributed by atoms with E-state index in [0.29, 0.717) is 17.5 Å². The van der Waals surface area contributed by atoms with Crippen molar-refractivity contribution >= 4 is 0 Å². The van der Waals surface area contributed by atoms with Crippen LogP contribution < -0.4 is 0 Å². The zero-order chi connectivity index (χ0) is 15.0. The maximum atomic E-state index is 14.1. The molecule has 21 heavy (non-hydrogen) atoms. The first-order valence-corrected chi connectivity index (χ1v) is 6.19. The molecular formula is C15H10F4N2. The van der Waals surface area contributed by atoms with Crippen LogP contribution in [0.5, 0.6) is 0 Å². The second-order valence-corrected chi connectivity index (χ2v) is 4.57. The summed E-state index contributed by atoms with van der Waals surface area (Å²) in [7, 11) is 0. The Bertz CT molecular complexity index is 714. The highest BCUT2D eigenvalue weighted by molar-refractivity contribution is 5.39. The molecule has 1 aromatic carbocycles. The van der Waals surface area contributed by atoms with E-state index in [-0.39, 0.29) is 5.56 Å². The summed E-state index contributed by atoms with van der Waals surface area (Å²) >= 11 is 0. The van der Waals surface area contributed by atoms with Gasteiger partial charge in [0.15, 0.2) is 23.3 Å². The molecule has 0 fully saturated rings. The Kier molecular flexibility index (Phi) is 3.29. The van der Waals surface area contributed by atoms with Gasteiger partial charge in [-0.1, -0.05) is 0 Å². The molecule has 0 spiro atoms. The van der Waals surface area contributed by atoms with E-state index in [4.69, 9.17) is 0 Å². The largest absolute Gasteiger partial charge is 0.364 e. The van der Waals surface area contributed by atoms with E-state index in [2.05, 4.69) is 9.97 Å². The second kappa shape index (κ2) is 5.12. The summed E-state index contributed by atoms with van der Waals surface area (Å²) in [6.45, 7) is 0. The molecule has 2 N–H and O–H groups in total. The van der Waals surface area contributed by atoms with Crippen LogP contribution in [-0.4, -0.2) is 9.97 Å². The Labute approximate surface area is 117 Å². The van der Waals surface area contributed by atoms with Gasteiger partial charge in [-0.2, -0.15) is 0 Å². The monoisotopic (exact) mass is 294 g/mol. The Morgan fingerprint density at radius 1 is 0.762 bits per heavy atom. The SMILES string of the molecule is Fc1cc(C(c2ccc[nH]2)c2ccc[nH]2)c(F)c(F)c1F. The van der Waals surface area contributed by atoms with Crippen molar-refractivity contribution in [2.45, 2.75) is 5.92 Å². The van der Waals surface area contributed by atoms with E-state index in [0.717, 1.165) is 0 Å². The molecule has 0 radical (unpaired) electrons. The number of hydrogen-bond donors (Lipinski definition) is 2. The van der Waals surface area contributed by atoms with Gasteiger partial charge in [-0.05, 0) is 30.3 Å². The number of benzene rings is 1. The van der Waals surface area contributed by atoms with E-state index >= 15 is 0 Å². The number of H-pyrrole nitrogens is 2. The predicted molar refractivity (Wildman–Crippen MR) is 68.8 cm³/mol. The number of aromatic nitrogens is 2. The third-order valence-corrected chi connectivity index (χ3v) is 3.31. The lowest BCUT2D eigenvalue weighted by Crippen LogP contribution is -2.10. The number of rotatable bonds is 3. The molecular weight excluding hydrogens is 284 g/mol. The van der Waals surface area contributed by atoms with Crippen LogP contribution in [0, 0.1) is 23.3 Å². The van der Waals surface area contributed by atoms with Gasteiger partial charge >= 0.3 is 0 Å². The first-order chi connectivity index (χ1) is 10.1. The highest BCUT2D eigenvalue weighted by atomic mass is 19.2. The number of halogens is 4. The topological polar surface area (TPSA) is 31.6 Å². The summed E-state index contributed by atoms with van der Waals surface area (Å²) in [5.74, 6) is -7.24. The van der Waals surface area contributed by atoms with Gasteiger partial charge in [-0.15, -0.1) is 0 Å². The molecule has 0 saturated heterocycles. The van der Waals surface area contributed by atoms with Gasteiger partial charge in [0.25, 0.3) is 0 Å². The lowest BCUT2D eigenvalue weighted by molar-refractivity contribution is 0.403. The first-order valence-electron chi connectivity index (χ1n) is 6.19. The van der Waals surface area contributed by atoms with E-state index in [1.165, 1.54) is 0 Å². The van der Waals surface area contributed by atoms with Crippen LogP contribution >= 0.6 is 0 Å². The molecule has 0 saturated carbocycles. The van der Waals surface area contributed by atoms with Crippen LogP contribution in [0.2, 0.25) is 0 Å². The van der Waals surface area contributed by atoms with Crippen molar-refractivity contribution < 1.29 is 17.6 Å². The molecule has 3 rings (SSSR count). The lowest BCUT2D eigenvalue weighted by Gasteiger charge is -2.17. The van der Waals surface area contributed by atoms with Crippen LogP contribution in [0.4, 0.5) is 17.6 Å². The van der Waals surface area contributed by atoms with E-state index in [1.54, 1.807) is 36.7 Å². The quantitative estimate of drug-likeness (QED) is 0.414. The summed E-state index contributed by atoms with van der Waals surface area (Å²) in [5, 5.41) is 0. The zero-order valence-corrected chi connectivity index (χ0v) is 10.6. The molecule has 0 aliphatic carbocycles. The molecule has 3 aromatic rings. The maximum absolute atomic E-state index is 14.1. The number of nitrogens with one attached hydrogen (secondary N) is 2. The van der Waals surface area contributed by atoms with Gasteiger partial charge < -0.3 is 9.97 Å². The maximum Gasteiger partial charge on any atom is 0.197 e. The number of aromatic amines is 2. The molecule has 108 valence electrons. The fraction of sp³-hybridized carbons (Fsp3) is 0.0667. The van der Waals surface area contributed by atoms with E-state index < -0.39 is 29.2 Å². The van der Waals surface area contributed by atoms with Gasteiger partial charge in [0.2, 0.25) is 0 Å². The van der Waals surface area contributed by atoms with Crippen molar-refractivity contribution in [3.8, 4) is 0 Å². The third-order valence-electron chi connectivity index (χ3n) is 3.31. The predicted octanol–water partition coefficient (Wildman–Crippen LogP) is 4.08. The molecule has 6 heteroatoms. The van der Waals surface area contributed by atoms with E-state index in [9.17, 15) is 17.6 Å². The summed E-state index contributed by atoms with van der Waals surface area (Å²) in [4.78, 5) is 5.76. The van der Waals surface area contributed by atoms with Gasteiger partial charge in [-0.25, -0.2) is 17.6 Å². The normalized spacial score (nSPS) is 11.3. The number of hydrogen-bond acceptors (Lipinski definition) is 0. The summed E-state index contributed by atoms with van der Waals surface area (Å²) in [6.07, 6.45) is 3.22. The average molecular weight is 294 g/mol. The summed E-state index contributed by atoms with van der Waals surface area (Å²) < 4.78 is 54.1. The third kappa shape index (κ3) is 2.22. The summed E-state index contributed by atoms with van der Waals surface area (Å²) in [5.41, 5.74) is 0.778. The fourth-order valence-corrected chi connectivity index (χ4v) is 2.35. The molecule has 0 aliphatic rings. The Balaban J connectivity index is 2.23. The van der Waals surface area contributed by atoms with Crippen molar-refractivity contribution in [1.82, 2.24) is 9.97 Å².